The molecule has 0 aromatic heterocycles. The number of ether oxygens (including phenoxy) is 1. The van der Waals surface area contributed by atoms with Gasteiger partial charge in [-0.1, -0.05) is 35.9 Å². The standard InChI is InChI=1S/C27H31ClN2O3/c28-22-6-3-5-19(16-22)15-20-10-11-21-17-30(18-24(20)21)27(32)23-7-1-2-8-25(23)33-14-13-29-12-4-9-26(29)31/h1-3,5-8,16,20-21,24H,4,9-15,17-18H2/t20-,21-,24-/m1/s1. The van der Waals surface area contributed by atoms with Gasteiger partial charge in [0.2, 0.25) is 5.91 Å². The zero-order chi connectivity index (χ0) is 22.8. The van der Waals surface area contributed by atoms with Crippen molar-refractivity contribution in [1.29, 1.82) is 0 Å². The molecular formula is C27H31ClN2O3. The maximum atomic E-state index is 13.4. The second kappa shape index (κ2) is 9.76. The minimum Gasteiger partial charge on any atom is -0.491 e. The molecule has 3 aliphatic rings. The Bertz CT molecular complexity index is 1030. The molecular weight excluding hydrogens is 436 g/mol. The molecule has 2 amide bonds. The van der Waals surface area contributed by atoms with Crippen LogP contribution in [-0.4, -0.2) is 54.4 Å². The molecule has 0 N–H and O–H groups in total. The Morgan fingerprint density at radius 1 is 1.09 bits per heavy atom. The van der Waals surface area contributed by atoms with E-state index in [1.807, 2.05) is 46.2 Å². The number of para-hydroxylation sites is 1. The van der Waals surface area contributed by atoms with Crippen LogP contribution in [0.15, 0.2) is 48.5 Å². The van der Waals surface area contributed by atoms with Crippen molar-refractivity contribution in [3.63, 3.8) is 0 Å². The molecule has 2 aliphatic heterocycles. The molecule has 2 saturated heterocycles. The molecule has 5 rings (SSSR count). The fourth-order valence-electron chi connectivity index (χ4n) is 5.91. The average Bonchev–Trinajstić information content (AvgIpc) is 3.51. The van der Waals surface area contributed by atoms with E-state index < -0.39 is 0 Å². The van der Waals surface area contributed by atoms with Gasteiger partial charge in [0.1, 0.15) is 12.4 Å². The van der Waals surface area contributed by atoms with E-state index in [-0.39, 0.29) is 11.8 Å². The van der Waals surface area contributed by atoms with E-state index in [2.05, 4.69) is 12.1 Å². The summed E-state index contributed by atoms with van der Waals surface area (Å²) in [6.07, 6.45) is 4.98. The zero-order valence-electron chi connectivity index (χ0n) is 18.9. The van der Waals surface area contributed by atoms with E-state index in [1.54, 1.807) is 0 Å². The van der Waals surface area contributed by atoms with E-state index >= 15 is 0 Å². The SMILES string of the molecule is O=C1CCCN1CCOc1ccccc1C(=O)N1C[C@H]2CC[C@H](Cc3cccc(Cl)c3)[C@H]2C1. The number of hydrogen-bond donors (Lipinski definition) is 0. The van der Waals surface area contributed by atoms with Crippen molar-refractivity contribution >= 4 is 23.4 Å². The third-order valence-electron chi connectivity index (χ3n) is 7.59. The number of benzene rings is 2. The lowest BCUT2D eigenvalue weighted by Gasteiger charge is -2.22. The summed E-state index contributed by atoms with van der Waals surface area (Å²) in [5.74, 6) is 2.57. The predicted octanol–water partition coefficient (Wildman–Crippen LogP) is 4.68. The van der Waals surface area contributed by atoms with Crippen molar-refractivity contribution in [2.45, 2.75) is 32.1 Å². The molecule has 0 spiro atoms. The number of likely N-dealkylation sites (tertiary alicyclic amines) is 2. The van der Waals surface area contributed by atoms with Gasteiger partial charge in [-0.05, 0) is 73.3 Å². The highest BCUT2D eigenvalue weighted by atomic mass is 35.5. The van der Waals surface area contributed by atoms with Crippen LogP contribution in [0.5, 0.6) is 5.75 Å². The molecule has 0 radical (unpaired) electrons. The highest BCUT2D eigenvalue weighted by Crippen LogP contribution is 2.44. The van der Waals surface area contributed by atoms with Crippen LogP contribution in [0.25, 0.3) is 0 Å². The minimum atomic E-state index is 0.0544. The average molecular weight is 467 g/mol. The largest absolute Gasteiger partial charge is 0.491 e. The van der Waals surface area contributed by atoms with Crippen LogP contribution >= 0.6 is 11.6 Å². The Hall–Kier alpha value is -2.53. The van der Waals surface area contributed by atoms with Crippen molar-refractivity contribution in [1.82, 2.24) is 9.80 Å². The van der Waals surface area contributed by atoms with Crippen LogP contribution < -0.4 is 4.74 Å². The first kappa shape index (κ1) is 22.3. The number of carbonyl (C=O) groups excluding carboxylic acids is 2. The summed E-state index contributed by atoms with van der Waals surface area (Å²) in [4.78, 5) is 29.1. The number of nitrogens with zero attached hydrogens (tertiary/aromatic N) is 2. The molecule has 3 atom stereocenters. The quantitative estimate of drug-likeness (QED) is 0.595. The van der Waals surface area contributed by atoms with E-state index in [1.165, 1.54) is 18.4 Å². The van der Waals surface area contributed by atoms with Gasteiger partial charge < -0.3 is 14.5 Å². The first-order valence-corrected chi connectivity index (χ1v) is 12.5. The van der Waals surface area contributed by atoms with Crippen LogP contribution in [0.1, 0.15) is 41.6 Å². The van der Waals surface area contributed by atoms with Crippen molar-refractivity contribution in [3.05, 3.63) is 64.7 Å². The monoisotopic (exact) mass is 466 g/mol. The normalized spacial score (nSPS) is 24.4. The van der Waals surface area contributed by atoms with Gasteiger partial charge in [-0.2, -0.15) is 0 Å². The highest BCUT2D eigenvalue weighted by Gasteiger charge is 2.44. The van der Waals surface area contributed by atoms with Crippen LogP contribution in [-0.2, 0) is 11.2 Å². The van der Waals surface area contributed by atoms with Gasteiger partial charge in [0.05, 0.1) is 12.1 Å². The van der Waals surface area contributed by atoms with Gasteiger partial charge in [-0.3, -0.25) is 9.59 Å². The summed E-state index contributed by atoms with van der Waals surface area (Å²) in [5, 5.41) is 0.788. The number of amides is 2. The first-order valence-electron chi connectivity index (χ1n) is 12.1. The van der Waals surface area contributed by atoms with Gasteiger partial charge in [0.25, 0.3) is 5.91 Å². The molecule has 3 fully saturated rings. The maximum absolute atomic E-state index is 13.4. The molecule has 2 aromatic carbocycles. The van der Waals surface area contributed by atoms with Gasteiger partial charge in [-0.15, -0.1) is 0 Å². The second-order valence-electron chi connectivity index (χ2n) is 9.63. The topological polar surface area (TPSA) is 49.9 Å². The third-order valence-corrected chi connectivity index (χ3v) is 7.82. The van der Waals surface area contributed by atoms with E-state index in [9.17, 15) is 9.59 Å². The van der Waals surface area contributed by atoms with Crippen LogP contribution in [0.4, 0.5) is 0 Å². The smallest absolute Gasteiger partial charge is 0.257 e. The fourth-order valence-corrected chi connectivity index (χ4v) is 6.12. The Morgan fingerprint density at radius 2 is 1.97 bits per heavy atom. The molecule has 2 heterocycles. The molecule has 33 heavy (non-hydrogen) atoms. The fraction of sp³-hybridized carbons (Fsp3) is 0.481. The lowest BCUT2D eigenvalue weighted by molar-refractivity contribution is -0.128. The lowest BCUT2D eigenvalue weighted by Crippen LogP contribution is -2.31. The van der Waals surface area contributed by atoms with Gasteiger partial charge >= 0.3 is 0 Å². The second-order valence-corrected chi connectivity index (χ2v) is 10.1. The number of halogens is 1. The first-order chi connectivity index (χ1) is 16.1. The number of rotatable bonds is 7. The van der Waals surface area contributed by atoms with Crippen molar-refractivity contribution < 1.29 is 14.3 Å². The molecule has 1 saturated carbocycles. The summed E-state index contributed by atoms with van der Waals surface area (Å²) in [6.45, 7) is 3.41. The molecule has 0 unspecified atom stereocenters. The number of hydrogen-bond acceptors (Lipinski definition) is 3. The Labute approximate surface area is 200 Å². The maximum Gasteiger partial charge on any atom is 0.257 e. The lowest BCUT2D eigenvalue weighted by atomic mass is 9.87. The zero-order valence-corrected chi connectivity index (χ0v) is 19.7. The van der Waals surface area contributed by atoms with Crippen LogP contribution in [0, 0.1) is 17.8 Å². The van der Waals surface area contributed by atoms with Gasteiger partial charge in [-0.25, -0.2) is 0 Å². The molecule has 0 bridgehead atoms. The Kier molecular flexibility index (Phi) is 6.59. The highest BCUT2D eigenvalue weighted by molar-refractivity contribution is 6.30. The molecule has 2 aromatic rings. The predicted molar refractivity (Wildman–Crippen MR) is 129 cm³/mol. The van der Waals surface area contributed by atoms with Crippen molar-refractivity contribution in [2.75, 3.05) is 32.8 Å². The molecule has 174 valence electrons. The van der Waals surface area contributed by atoms with Crippen LogP contribution in [0.3, 0.4) is 0 Å². The molecule has 5 nitrogen and oxygen atoms in total. The van der Waals surface area contributed by atoms with Crippen molar-refractivity contribution in [3.8, 4) is 5.75 Å². The van der Waals surface area contributed by atoms with Crippen LogP contribution in [0.2, 0.25) is 5.02 Å². The number of fused-ring (bicyclic) bond motifs is 1. The Morgan fingerprint density at radius 3 is 2.79 bits per heavy atom. The van der Waals surface area contributed by atoms with E-state index in [0.717, 1.165) is 37.5 Å². The number of carbonyl (C=O) groups is 2. The Balaban J connectivity index is 1.21. The molecule has 6 heteroatoms. The summed E-state index contributed by atoms with van der Waals surface area (Å²) in [7, 11) is 0. The van der Waals surface area contributed by atoms with E-state index in [4.69, 9.17) is 16.3 Å². The summed E-state index contributed by atoms with van der Waals surface area (Å²) < 4.78 is 5.98. The van der Waals surface area contributed by atoms with E-state index in [0.29, 0.717) is 48.6 Å². The van der Waals surface area contributed by atoms with Crippen molar-refractivity contribution in [2.24, 2.45) is 17.8 Å². The summed E-state index contributed by atoms with van der Waals surface area (Å²) in [6, 6.07) is 15.7. The third kappa shape index (κ3) is 4.89. The molecule has 1 aliphatic carbocycles. The van der Waals surface area contributed by atoms with Gasteiger partial charge in [0.15, 0.2) is 0 Å². The minimum absolute atomic E-state index is 0.0544. The summed E-state index contributed by atoms with van der Waals surface area (Å²) >= 11 is 6.19. The summed E-state index contributed by atoms with van der Waals surface area (Å²) in [5.41, 5.74) is 1.91. The van der Waals surface area contributed by atoms with Gasteiger partial charge in [0, 0.05) is 31.1 Å².